The van der Waals surface area contributed by atoms with Crippen molar-refractivity contribution in [3.05, 3.63) is 94.5 Å². The number of aromatic nitrogens is 1. The van der Waals surface area contributed by atoms with E-state index in [1.165, 1.54) is 35.6 Å². The molecular formula is C25H25N5O4S2. The zero-order valence-electron chi connectivity index (χ0n) is 19.1. The van der Waals surface area contributed by atoms with Crippen LogP contribution in [-0.2, 0) is 16.4 Å². The Morgan fingerprint density at radius 2 is 1.81 bits per heavy atom. The van der Waals surface area contributed by atoms with Crippen molar-refractivity contribution in [2.45, 2.75) is 17.4 Å². The predicted molar refractivity (Wildman–Crippen MR) is 140 cm³/mol. The molecule has 0 aliphatic heterocycles. The van der Waals surface area contributed by atoms with Gasteiger partial charge in [-0.25, -0.2) is 18.1 Å². The third kappa shape index (κ3) is 5.94. The Balaban J connectivity index is 1.68. The molecule has 0 aliphatic rings. The van der Waals surface area contributed by atoms with Gasteiger partial charge in [-0.2, -0.15) is 0 Å². The Kier molecular flexibility index (Phi) is 7.75. The van der Waals surface area contributed by atoms with Crippen LogP contribution in [0.3, 0.4) is 0 Å². The van der Waals surface area contributed by atoms with Crippen molar-refractivity contribution in [2.24, 2.45) is 5.73 Å². The molecule has 0 fully saturated rings. The van der Waals surface area contributed by atoms with Crippen LogP contribution in [0.1, 0.15) is 32.5 Å². The van der Waals surface area contributed by atoms with E-state index >= 15 is 0 Å². The molecule has 0 spiro atoms. The first-order chi connectivity index (χ1) is 17.3. The van der Waals surface area contributed by atoms with Crippen molar-refractivity contribution < 1.29 is 18.3 Å². The number of fused-ring (bicyclic) bond motifs is 1. The second-order valence-corrected chi connectivity index (χ2v) is 10.8. The molecule has 11 heteroatoms. The third-order valence-corrected chi connectivity index (χ3v) is 8.01. The summed E-state index contributed by atoms with van der Waals surface area (Å²) in [5, 5.41) is 19.7. The minimum absolute atomic E-state index is 0.0626. The summed E-state index contributed by atoms with van der Waals surface area (Å²) in [5.41, 5.74) is 7.89. The van der Waals surface area contributed by atoms with E-state index in [1.807, 2.05) is 30.3 Å². The molecule has 36 heavy (non-hydrogen) atoms. The molecule has 4 rings (SSSR count). The molecule has 4 aromatic rings. The zero-order chi connectivity index (χ0) is 25.7. The summed E-state index contributed by atoms with van der Waals surface area (Å²) in [6.45, 7) is -0.160. The van der Waals surface area contributed by atoms with Gasteiger partial charge in [0.25, 0.3) is 5.91 Å². The van der Waals surface area contributed by atoms with Crippen LogP contribution >= 0.6 is 11.3 Å². The van der Waals surface area contributed by atoms with Crippen molar-refractivity contribution in [3.8, 4) is 0 Å². The SMILES string of the molecule is N=C(N)c1cccc(CC(NS(=O)(=O)c2cccc(C(=O)NCCO)c2)c2nc3ccccc3s2)c1. The highest BCUT2D eigenvalue weighted by atomic mass is 32.2. The van der Waals surface area contributed by atoms with Gasteiger partial charge in [-0.05, 0) is 48.4 Å². The smallest absolute Gasteiger partial charge is 0.251 e. The third-order valence-electron chi connectivity index (χ3n) is 5.39. The molecule has 186 valence electrons. The van der Waals surface area contributed by atoms with Crippen LogP contribution in [0.2, 0.25) is 0 Å². The van der Waals surface area contributed by atoms with Crippen molar-refractivity contribution in [2.75, 3.05) is 13.2 Å². The van der Waals surface area contributed by atoms with Crippen LogP contribution in [0.4, 0.5) is 0 Å². The van der Waals surface area contributed by atoms with Gasteiger partial charge in [0.05, 0.1) is 27.8 Å². The summed E-state index contributed by atoms with van der Waals surface area (Å²) in [6.07, 6.45) is 0.275. The van der Waals surface area contributed by atoms with E-state index in [9.17, 15) is 13.2 Å². The average Bonchev–Trinajstić information content (AvgIpc) is 3.31. The van der Waals surface area contributed by atoms with Gasteiger partial charge in [-0.15, -0.1) is 11.3 Å². The van der Waals surface area contributed by atoms with Gasteiger partial charge in [0.15, 0.2) is 0 Å². The number of para-hydroxylation sites is 1. The first kappa shape index (κ1) is 25.5. The van der Waals surface area contributed by atoms with Crippen molar-refractivity contribution in [3.63, 3.8) is 0 Å². The number of nitrogen functional groups attached to an aromatic ring is 1. The molecule has 9 nitrogen and oxygen atoms in total. The Bertz CT molecular complexity index is 1480. The monoisotopic (exact) mass is 523 g/mol. The normalized spacial score (nSPS) is 12.4. The summed E-state index contributed by atoms with van der Waals surface area (Å²) < 4.78 is 30.5. The Morgan fingerprint density at radius 3 is 2.56 bits per heavy atom. The molecule has 0 bridgehead atoms. The molecule has 0 saturated heterocycles. The lowest BCUT2D eigenvalue weighted by Crippen LogP contribution is -2.31. The van der Waals surface area contributed by atoms with E-state index in [4.69, 9.17) is 16.2 Å². The second kappa shape index (κ2) is 11.0. The fraction of sp³-hybridized carbons (Fsp3) is 0.160. The number of nitrogens with two attached hydrogens (primary N) is 1. The van der Waals surface area contributed by atoms with Gasteiger partial charge in [0.2, 0.25) is 10.0 Å². The first-order valence-corrected chi connectivity index (χ1v) is 13.4. The van der Waals surface area contributed by atoms with Crippen molar-refractivity contribution in [1.29, 1.82) is 5.41 Å². The van der Waals surface area contributed by atoms with E-state index in [2.05, 4.69) is 15.0 Å². The number of amides is 1. The molecule has 0 saturated carbocycles. The fourth-order valence-electron chi connectivity index (χ4n) is 3.65. The molecule has 1 amide bonds. The quantitative estimate of drug-likeness (QED) is 0.159. The molecular weight excluding hydrogens is 498 g/mol. The van der Waals surface area contributed by atoms with E-state index < -0.39 is 22.0 Å². The molecule has 6 N–H and O–H groups in total. The topological polar surface area (TPSA) is 158 Å². The van der Waals surface area contributed by atoms with E-state index in [1.54, 1.807) is 18.2 Å². The molecule has 1 atom stereocenters. The van der Waals surface area contributed by atoms with Gasteiger partial charge in [0.1, 0.15) is 10.8 Å². The number of nitrogens with zero attached hydrogens (tertiary/aromatic N) is 1. The van der Waals surface area contributed by atoms with Crippen LogP contribution in [0.5, 0.6) is 0 Å². The molecule has 3 aromatic carbocycles. The molecule has 0 radical (unpaired) electrons. The molecule has 1 heterocycles. The molecule has 1 aromatic heterocycles. The van der Waals surface area contributed by atoms with E-state index in [0.29, 0.717) is 10.6 Å². The van der Waals surface area contributed by atoms with Gasteiger partial charge in [-0.3, -0.25) is 10.2 Å². The van der Waals surface area contributed by atoms with Gasteiger partial charge < -0.3 is 16.2 Å². The number of rotatable bonds is 10. The number of carbonyl (C=O) groups is 1. The van der Waals surface area contributed by atoms with E-state index in [0.717, 1.165) is 15.8 Å². The number of aliphatic hydroxyl groups is 1. The lowest BCUT2D eigenvalue weighted by molar-refractivity contribution is 0.0944. The van der Waals surface area contributed by atoms with Crippen LogP contribution in [-0.4, -0.2) is 43.4 Å². The number of hydrogen-bond donors (Lipinski definition) is 5. The van der Waals surface area contributed by atoms with Gasteiger partial charge in [0, 0.05) is 17.7 Å². The Hall–Kier alpha value is -3.64. The Morgan fingerprint density at radius 1 is 1.06 bits per heavy atom. The minimum Gasteiger partial charge on any atom is -0.395 e. The standard InChI is InChI=1S/C25H25N5O4S2/c26-23(27)17-6-3-5-16(13-17)14-21(25-29-20-9-1-2-10-22(20)35-25)30-36(33,34)19-8-4-7-18(15-19)24(32)28-11-12-31/h1-10,13,15,21,30-31H,11-12,14H2,(H3,26,27)(H,28,32). The maximum absolute atomic E-state index is 13.4. The summed E-state index contributed by atoms with van der Waals surface area (Å²) in [6, 6.07) is 19.6. The lowest BCUT2D eigenvalue weighted by Gasteiger charge is -2.18. The lowest BCUT2D eigenvalue weighted by atomic mass is 10.0. The number of carbonyl (C=O) groups excluding carboxylic acids is 1. The summed E-state index contributed by atoms with van der Waals surface area (Å²) in [7, 11) is -4.05. The second-order valence-electron chi connectivity index (χ2n) is 8.02. The van der Waals surface area contributed by atoms with Crippen molar-refractivity contribution in [1.82, 2.24) is 15.0 Å². The molecule has 0 aliphatic carbocycles. The van der Waals surface area contributed by atoms with Crippen LogP contribution in [0.25, 0.3) is 10.2 Å². The number of nitrogens with one attached hydrogen (secondary N) is 3. The maximum atomic E-state index is 13.4. The number of benzene rings is 3. The minimum atomic E-state index is -4.05. The number of sulfonamides is 1. The number of amidine groups is 1. The average molecular weight is 524 g/mol. The van der Waals surface area contributed by atoms with Gasteiger partial charge >= 0.3 is 0 Å². The summed E-state index contributed by atoms with van der Waals surface area (Å²) in [5.74, 6) is -0.560. The largest absolute Gasteiger partial charge is 0.395 e. The van der Waals surface area contributed by atoms with Crippen LogP contribution < -0.4 is 15.8 Å². The Labute approximate surface area is 212 Å². The fourth-order valence-corrected chi connectivity index (χ4v) is 5.99. The van der Waals surface area contributed by atoms with Crippen molar-refractivity contribution >= 4 is 43.3 Å². The summed E-state index contributed by atoms with van der Waals surface area (Å²) >= 11 is 1.40. The maximum Gasteiger partial charge on any atom is 0.251 e. The number of aliphatic hydroxyl groups excluding tert-OH is 1. The number of hydrogen-bond acceptors (Lipinski definition) is 7. The predicted octanol–water partition coefficient (Wildman–Crippen LogP) is 2.56. The highest BCUT2D eigenvalue weighted by molar-refractivity contribution is 7.89. The highest BCUT2D eigenvalue weighted by Crippen LogP contribution is 2.30. The van der Waals surface area contributed by atoms with Crippen LogP contribution in [0.15, 0.2) is 77.7 Å². The first-order valence-electron chi connectivity index (χ1n) is 11.1. The molecule has 1 unspecified atom stereocenters. The van der Waals surface area contributed by atoms with Crippen LogP contribution in [0, 0.1) is 5.41 Å². The zero-order valence-corrected chi connectivity index (χ0v) is 20.8. The summed E-state index contributed by atoms with van der Waals surface area (Å²) in [4.78, 5) is 16.9. The highest BCUT2D eigenvalue weighted by Gasteiger charge is 2.25. The number of thiazole rings is 1. The van der Waals surface area contributed by atoms with Gasteiger partial charge in [-0.1, -0.05) is 36.4 Å². The van der Waals surface area contributed by atoms with E-state index in [-0.39, 0.29) is 35.9 Å².